The van der Waals surface area contributed by atoms with E-state index in [1.807, 2.05) is 30.3 Å². The fourth-order valence-corrected chi connectivity index (χ4v) is 3.25. The zero-order valence-electron chi connectivity index (χ0n) is 10.1. The first-order valence-electron chi connectivity index (χ1n) is 5.81. The van der Waals surface area contributed by atoms with Crippen molar-refractivity contribution in [3.05, 3.63) is 61.2 Å². The van der Waals surface area contributed by atoms with Crippen molar-refractivity contribution in [2.75, 3.05) is 0 Å². The second kappa shape index (κ2) is 5.36. The Labute approximate surface area is 112 Å². The summed E-state index contributed by atoms with van der Waals surface area (Å²) >= 11 is 1.53. The van der Waals surface area contributed by atoms with Crippen LogP contribution in [0.15, 0.2) is 60.6 Å². The van der Waals surface area contributed by atoms with Crippen LogP contribution in [-0.4, -0.2) is 15.7 Å². The zero-order chi connectivity index (χ0) is 13.0. The summed E-state index contributed by atoms with van der Waals surface area (Å²) in [5.41, 5.74) is 0.992. The Morgan fingerprint density at radius 2 is 1.78 bits per heavy atom. The molecule has 2 rings (SSSR count). The molecule has 2 nitrogen and oxygen atoms in total. The molecule has 0 spiro atoms. The van der Waals surface area contributed by atoms with Crippen LogP contribution < -0.4 is 0 Å². The first kappa shape index (κ1) is 12.8. The molecule has 1 aliphatic rings. The first-order valence-corrected chi connectivity index (χ1v) is 6.63. The maximum Gasteiger partial charge on any atom is 0.264 e. The van der Waals surface area contributed by atoms with E-state index in [4.69, 9.17) is 0 Å². The van der Waals surface area contributed by atoms with E-state index in [9.17, 15) is 4.79 Å². The molecule has 92 valence electrons. The lowest BCUT2D eigenvalue weighted by Crippen LogP contribution is -2.29. The summed E-state index contributed by atoms with van der Waals surface area (Å²) < 4.78 is -0.533. The molecule has 0 radical (unpaired) electrons. The van der Waals surface area contributed by atoms with E-state index in [0.29, 0.717) is 12.8 Å². The molecule has 0 atom stereocenters. The number of amides is 1. The van der Waals surface area contributed by atoms with Gasteiger partial charge >= 0.3 is 0 Å². The number of aliphatic imine (C=N–C) groups is 1. The molecule has 0 saturated heterocycles. The van der Waals surface area contributed by atoms with Gasteiger partial charge in [-0.05, 0) is 12.8 Å². The fraction of sp³-hybridized carbons (Fsp3) is 0.200. The predicted octanol–water partition coefficient (Wildman–Crippen LogP) is 3.60. The van der Waals surface area contributed by atoms with E-state index in [-0.39, 0.29) is 5.91 Å². The third kappa shape index (κ3) is 2.31. The van der Waals surface area contributed by atoms with E-state index < -0.39 is 4.75 Å². The van der Waals surface area contributed by atoms with Crippen LogP contribution in [0.3, 0.4) is 0 Å². The lowest BCUT2D eigenvalue weighted by molar-refractivity contribution is -0.119. The van der Waals surface area contributed by atoms with Gasteiger partial charge in [0, 0.05) is 5.56 Å². The minimum Gasteiger partial charge on any atom is -0.271 e. The van der Waals surface area contributed by atoms with Gasteiger partial charge in [0.1, 0.15) is 9.79 Å². The van der Waals surface area contributed by atoms with Gasteiger partial charge in [-0.25, -0.2) is 4.99 Å². The highest BCUT2D eigenvalue weighted by molar-refractivity contribution is 8.16. The number of thioether (sulfide) groups is 1. The van der Waals surface area contributed by atoms with Crippen LogP contribution in [0.2, 0.25) is 0 Å². The Hall–Kier alpha value is -1.61. The molecule has 3 heteroatoms. The molecule has 0 bridgehead atoms. The summed E-state index contributed by atoms with van der Waals surface area (Å²) in [5.74, 6) is -0.0776. The maximum atomic E-state index is 12.2. The summed E-state index contributed by atoms with van der Waals surface area (Å²) in [6.45, 7) is 7.47. The van der Waals surface area contributed by atoms with Gasteiger partial charge in [-0.3, -0.25) is 4.79 Å². The van der Waals surface area contributed by atoms with E-state index in [0.717, 1.165) is 10.6 Å². The molecular formula is C15H15NOS. The minimum absolute atomic E-state index is 0.0776. The Morgan fingerprint density at radius 1 is 1.17 bits per heavy atom. The largest absolute Gasteiger partial charge is 0.271 e. The Kier molecular flexibility index (Phi) is 3.82. The topological polar surface area (TPSA) is 29.4 Å². The Balaban J connectivity index is 2.29. The summed E-state index contributed by atoms with van der Waals surface area (Å²) in [4.78, 5) is 16.4. The van der Waals surface area contributed by atoms with Crippen LogP contribution in [0.5, 0.6) is 0 Å². The lowest BCUT2D eigenvalue weighted by Gasteiger charge is -2.21. The minimum atomic E-state index is -0.533. The van der Waals surface area contributed by atoms with Crippen molar-refractivity contribution in [3.63, 3.8) is 0 Å². The van der Waals surface area contributed by atoms with Gasteiger partial charge in [0.15, 0.2) is 0 Å². The molecule has 1 aromatic rings. The Morgan fingerprint density at radius 3 is 2.33 bits per heavy atom. The van der Waals surface area contributed by atoms with Gasteiger partial charge in [-0.1, -0.05) is 54.2 Å². The highest BCUT2D eigenvalue weighted by Crippen LogP contribution is 2.42. The molecule has 1 heterocycles. The second-order valence-corrected chi connectivity index (χ2v) is 5.54. The van der Waals surface area contributed by atoms with Crippen LogP contribution in [0.4, 0.5) is 0 Å². The smallest absolute Gasteiger partial charge is 0.264 e. The molecular weight excluding hydrogens is 242 g/mol. The van der Waals surface area contributed by atoms with Gasteiger partial charge in [-0.2, -0.15) is 0 Å². The quantitative estimate of drug-likeness (QED) is 0.754. The maximum absolute atomic E-state index is 12.2. The molecule has 1 aliphatic heterocycles. The molecule has 18 heavy (non-hydrogen) atoms. The third-order valence-electron chi connectivity index (χ3n) is 2.85. The van der Waals surface area contributed by atoms with Crippen LogP contribution in [0.25, 0.3) is 0 Å². The Bertz CT molecular complexity index is 494. The molecule has 0 fully saturated rings. The number of carbonyl (C=O) groups excluding carboxylic acids is 1. The van der Waals surface area contributed by atoms with Crippen LogP contribution in [-0.2, 0) is 4.79 Å². The van der Waals surface area contributed by atoms with Crippen molar-refractivity contribution in [1.82, 2.24) is 0 Å². The van der Waals surface area contributed by atoms with Crippen molar-refractivity contribution in [1.29, 1.82) is 0 Å². The van der Waals surface area contributed by atoms with Crippen LogP contribution in [0, 0.1) is 0 Å². The molecule has 0 aromatic heterocycles. The highest BCUT2D eigenvalue weighted by Gasteiger charge is 2.43. The predicted molar refractivity (Wildman–Crippen MR) is 77.9 cm³/mol. The SMILES string of the molecule is C=CCC1(CC=C)SC(c2ccccc2)=NC1=O. The second-order valence-electron chi connectivity index (χ2n) is 4.17. The fourth-order valence-electron chi connectivity index (χ4n) is 1.96. The van der Waals surface area contributed by atoms with Crippen molar-refractivity contribution >= 4 is 22.7 Å². The van der Waals surface area contributed by atoms with Gasteiger partial charge in [0.25, 0.3) is 5.91 Å². The zero-order valence-corrected chi connectivity index (χ0v) is 11.0. The summed E-state index contributed by atoms with van der Waals surface area (Å²) in [5, 5.41) is 0.796. The van der Waals surface area contributed by atoms with Crippen molar-refractivity contribution in [2.24, 2.45) is 4.99 Å². The number of rotatable bonds is 5. The van der Waals surface area contributed by atoms with Gasteiger partial charge < -0.3 is 0 Å². The summed E-state index contributed by atoms with van der Waals surface area (Å²) in [7, 11) is 0. The average molecular weight is 257 g/mol. The van der Waals surface area contributed by atoms with Crippen molar-refractivity contribution < 1.29 is 4.79 Å². The van der Waals surface area contributed by atoms with E-state index in [2.05, 4.69) is 18.2 Å². The van der Waals surface area contributed by atoms with Crippen molar-refractivity contribution in [3.8, 4) is 0 Å². The highest BCUT2D eigenvalue weighted by atomic mass is 32.2. The summed E-state index contributed by atoms with van der Waals surface area (Å²) in [6, 6.07) is 9.79. The van der Waals surface area contributed by atoms with Crippen LogP contribution >= 0.6 is 11.8 Å². The monoisotopic (exact) mass is 257 g/mol. The number of allylic oxidation sites excluding steroid dienone is 2. The standard InChI is InChI=1S/C15H15NOS/c1-3-10-15(11-4-2)14(17)16-13(18-15)12-8-6-5-7-9-12/h3-9H,1-2,10-11H2. The molecule has 0 unspecified atom stereocenters. The first-order chi connectivity index (χ1) is 8.72. The van der Waals surface area contributed by atoms with Gasteiger partial charge in [0.05, 0.1) is 0 Å². The number of hydrogen-bond donors (Lipinski definition) is 0. The van der Waals surface area contributed by atoms with Crippen LogP contribution in [0.1, 0.15) is 18.4 Å². The molecule has 0 aliphatic carbocycles. The molecule has 1 aromatic carbocycles. The number of carbonyl (C=O) groups is 1. The normalized spacial score (nSPS) is 17.3. The van der Waals surface area contributed by atoms with E-state index in [1.165, 1.54) is 11.8 Å². The molecule has 0 saturated carbocycles. The number of benzene rings is 1. The average Bonchev–Trinajstić information content (AvgIpc) is 2.69. The van der Waals surface area contributed by atoms with E-state index in [1.54, 1.807) is 12.2 Å². The van der Waals surface area contributed by atoms with E-state index >= 15 is 0 Å². The number of nitrogens with zero attached hydrogens (tertiary/aromatic N) is 1. The molecule has 1 amide bonds. The summed E-state index contributed by atoms with van der Waals surface area (Å²) in [6.07, 6.45) is 4.78. The van der Waals surface area contributed by atoms with Crippen molar-refractivity contribution in [2.45, 2.75) is 17.6 Å². The van der Waals surface area contributed by atoms with Gasteiger partial charge in [0.2, 0.25) is 0 Å². The van der Waals surface area contributed by atoms with Gasteiger partial charge in [-0.15, -0.1) is 13.2 Å². The molecule has 0 N–H and O–H groups in total. The lowest BCUT2D eigenvalue weighted by atomic mass is 9.99. The third-order valence-corrected chi connectivity index (χ3v) is 4.27. The number of hydrogen-bond acceptors (Lipinski definition) is 2.